The van der Waals surface area contributed by atoms with Crippen molar-refractivity contribution < 1.29 is 9.59 Å². The Morgan fingerprint density at radius 3 is 1.70 bits per heavy atom. The zero-order valence-corrected chi connectivity index (χ0v) is 11.3. The van der Waals surface area contributed by atoms with Gasteiger partial charge in [0.05, 0.1) is 5.16 Å². The van der Waals surface area contributed by atoms with Crippen LogP contribution in [0.15, 0.2) is 65.7 Å². The Labute approximate surface area is 122 Å². The van der Waals surface area contributed by atoms with Gasteiger partial charge in [-0.1, -0.05) is 36.4 Å². The van der Waals surface area contributed by atoms with Gasteiger partial charge < -0.3 is 5.73 Å². The lowest BCUT2D eigenvalue weighted by Gasteiger charge is -1.89. The third kappa shape index (κ3) is 5.35. The van der Waals surface area contributed by atoms with Crippen molar-refractivity contribution in [1.82, 2.24) is 0 Å². The number of primary amides is 1. The monoisotopic (exact) mass is 284 g/mol. The van der Waals surface area contributed by atoms with Crippen molar-refractivity contribution in [3.05, 3.63) is 71.8 Å². The molecule has 20 heavy (non-hydrogen) atoms. The third-order valence-corrected chi connectivity index (χ3v) is 2.32. The van der Waals surface area contributed by atoms with Gasteiger partial charge in [-0.2, -0.15) is 4.99 Å². The molecule has 0 aliphatic carbocycles. The molecule has 0 heterocycles. The Morgan fingerprint density at radius 2 is 1.35 bits per heavy atom. The minimum absolute atomic E-state index is 0.347. The number of nitrogens with zero attached hydrogens (tertiary/aromatic N) is 1. The van der Waals surface area contributed by atoms with Crippen molar-refractivity contribution in [2.24, 2.45) is 10.7 Å². The number of hydrogen-bond donors (Lipinski definition) is 1. The fourth-order valence-corrected chi connectivity index (χ4v) is 1.37. The Morgan fingerprint density at radius 1 is 0.900 bits per heavy atom. The molecule has 0 atom stereocenters. The summed E-state index contributed by atoms with van der Waals surface area (Å²) in [6.45, 7) is 0. The Kier molecular flexibility index (Phi) is 6.54. The van der Waals surface area contributed by atoms with E-state index in [-0.39, 0.29) is 11.8 Å². The van der Waals surface area contributed by atoms with E-state index in [0.29, 0.717) is 11.1 Å². The fourth-order valence-electron chi connectivity index (χ4n) is 1.29. The Bertz CT molecular complexity index is 621. The highest BCUT2D eigenvalue weighted by molar-refractivity contribution is 7.78. The maximum atomic E-state index is 10.9. The predicted octanol–water partition coefficient (Wildman–Crippen LogP) is 2.72. The molecule has 2 N–H and O–H groups in total. The first kappa shape index (κ1) is 15.4. The first-order valence-electron chi connectivity index (χ1n) is 5.67. The number of carbonyl (C=O) groups is 2. The Balaban J connectivity index is 0.000000204. The molecule has 0 spiro atoms. The maximum Gasteiger partial charge on any atom is 0.285 e. The number of amides is 2. The van der Waals surface area contributed by atoms with Crippen LogP contribution in [-0.2, 0) is 0 Å². The van der Waals surface area contributed by atoms with E-state index in [1.54, 1.807) is 48.5 Å². The quantitative estimate of drug-likeness (QED) is 0.680. The molecular weight excluding hydrogens is 272 g/mol. The smallest absolute Gasteiger partial charge is 0.285 e. The van der Waals surface area contributed by atoms with Gasteiger partial charge in [0.1, 0.15) is 0 Å². The van der Waals surface area contributed by atoms with Crippen molar-refractivity contribution in [3.8, 4) is 0 Å². The molecule has 2 amide bonds. The molecule has 0 saturated carbocycles. The lowest BCUT2D eigenvalue weighted by atomic mass is 10.2. The average molecular weight is 284 g/mol. The van der Waals surface area contributed by atoms with Crippen LogP contribution < -0.4 is 5.73 Å². The van der Waals surface area contributed by atoms with Gasteiger partial charge in [-0.3, -0.25) is 9.59 Å². The number of carbonyl (C=O) groups excluding carboxylic acids is 2. The SMILES string of the molecule is NC(=O)c1ccccc1.O=C(N=C=S)c1ccccc1. The number of nitrogens with two attached hydrogens (primary N) is 1. The van der Waals surface area contributed by atoms with E-state index in [2.05, 4.69) is 17.2 Å². The van der Waals surface area contributed by atoms with Crippen LogP contribution in [0.25, 0.3) is 0 Å². The topological polar surface area (TPSA) is 72.5 Å². The first-order valence-corrected chi connectivity index (χ1v) is 6.08. The van der Waals surface area contributed by atoms with Crippen LogP contribution in [0.3, 0.4) is 0 Å². The second kappa shape index (κ2) is 8.48. The summed E-state index contributed by atoms with van der Waals surface area (Å²) in [5.41, 5.74) is 6.06. The summed E-state index contributed by atoms with van der Waals surface area (Å²) >= 11 is 4.29. The molecule has 0 unspecified atom stereocenters. The van der Waals surface area contributed by atoms with Gasteiger partial charge in [-0.05, 0) is 36.5 Å². The molecule has 2 rings (SSSR count). The van der Waals surface area contributed by atoms with Crippen LogP contribution >= 0.6 is 12.2 Å². The van der Waals surface area contributed by atoms with Crippen molar-refractivity contribution in [3.63, 3.8) is 0 Å². The Hall–Kier alpha value is -2.62. The molecule has 5 heteroatoms. The second-order valence-electron chi connectivity index (χ2n) is 3.60. The fraction of sp³-hybridized carbons (Fsp3) is 0. The number of hydrogen-bond acceptors (Lipinski definition) is 3. The average Bonchev–Trinajstić information content (AvgIpc) is 2.50. The summed E-state index contributed by atoms with van der Waals surface area (Å²) in [5, 5.41) is 2.02. The summed E-state index contributed by atoms with van der Waals surface area (Å²) in [7, 11) is 0. The maximum absolute atomic E-state index is 10.9. The summed E-state index contributed by atoms with van der Waals surface area (Å²) in [6.07, 6.45) is 0. The molecule has 2 aromatic carbocycles. The number of aliphatic imine (C=N–C) groups is 1. The lowest BCUT2D eigenvalue weighted by Crippen LogP contribution is -2.09. The van der Waals surface area contributed by atoms with Gasteiger partial charge in [0, 0.05) is 11.1 Å². The van der Waals surface area contributed by atoms with Crippen LogP contribution in [0.5, 0.6) is 0 Å². The number of rotatable bonds is 2. The molecule has 0 aliphatic heterocycles. The normalized spacial score (nSPS) is 8.60. The molecule has 2 aromatic rings. The van der Waals surface area contributed by atoms with Crippen LogP contribution in [0.2, 0.25) is 0 Å². The van der Waals surface area contributed by atoms with Crippen LogP contribution in [-0.4, -0.2) is 17.0 Å². The van der Waals surface area contributed by atoms with Crippen molar-refractivity contribution in [2.75, 3.05) is 0 Å². The number of benzene rings is 2. The molecular formula is C15H12N2O2S. The lowest BCUT2D eigenvalue weighted by molar-refractivity contribution is 0.0993. The molecule has 0 radical (unpaired) electrons. The summed E-state index contributed by atoms with van der Waals surface area (Å²) in [5.74, 6) is -0.726. The first-order chi connectivity index (χ1) is 9.65. The van der Waals surface area contributed by atoms with Gasteiger partial charge in [0.2, 0.25) is 5.91 Å². The van der Waals surface area contributed by atoms with Gasteiger partial charge in [0.15, 0.2) is 0 Å². The summed E-state index contributed by atoms with van der Waals surface area (Å²) < 4.78 is 0. The van der Waals surface area contributed by atoms with Crippen LogP contribution in [0.4, 0.5) is 0 Å². The second-order valence-corrected chi connectivity index (χ2v) is 3.79. The third-order valence-electron chi connectivity index (χ3n) is 2.23. The molecule has 0 fully saturated rings. The largest absolute Gasteiger partial charge is 0.366 e. The summed E-state index contributed by atoms with van der Waals surface area (Å²) in [4.78, 5) is 24.7. The van der Waals surface area contributed by atoms with E-state index in [0.717, 1.165) is 0 Å². The standard InChI is InChI=1S/C8H5NOS.C7H7NO/c10-8(9-6-11)7-4-2-1-3-5-7;8-7(9)6-4-2-1-3-5-6/h1-5H;1-5H,(H2,8,9). The van der Waals surface area contributed by atoms with Gasteiger partial charge in [-0.15, -0.1) is 0 Å². The van der Waals surface area contributed by atoms with Gasteiger partial charge in [-0.25, -0.2) is 0 Å². The van der Waals surface area contributed by atoms with Gasteiger partial charge in [0.25, 0.3) is 5.91 Å². The van der Waals surface area contributed by atoms with Crippen LogP contribution in [0.1, 0.15) is 20.7 Å². The molecule has 0 aromatic heterocycles. The highest BCUT2D eigenvalue weighted by Crippen LogP contribution is 1.99. The minimum Gasteiger partial charge on any atom is -0.366 e. The summed E-state index contributed by atoms with van der Waals surface area (Å²) in [6, 6.07) is 17.5. The molecule has 0 saturated heterocycles. The number of thiocarbonyl (C=S) groups is 1. The van der Waals surface area contributed by atoms with E-state index in [4.69, 9.17) is 5.73 Å². The highest BCUT2D eigenvalue weighted by Gasteiger charge is 1.99. The molecule has 0 bridgehead atoms. The van der Waals surface area contributed by atoms with E-state index in [9.17, 15) is 9.59 Å². The molecule has 0 aliphatic rings. The predicted molar refractivity (Wildman–Crippen MR) is 80.8 cm³/mol. The number of isothiocyanates is 1. The van der Waals surface area contributed by atoms with E-state index in [1.165, 1.54) is 0 Å². The molecule has 4 nitrogen and oxygen atoms in total. The van der Waals surface area contributed by atoms with E-state index >= 15 is 0 Å². The van der Waals surface area contributed by atoms with Gasteiger partial charge >= 0.3 is 0 Å². The van der Waals surface area contributed by atoms with E-state index in [1.807, 2.05) is 17.3 Å². The zero-order chi connectivity index (χ0) is 14.8. The van der Waals surface area contributed by atoms with Crippen LogP contribution in [0, 0.1) is 0 Å². The zero-order valence-electron chi connectivity index (χ0n) is 10.5. The van der Waals surface area contributed by atoms with Crippen molar-refractivity contribution in [1.29, 1.82) is 0 Å². The highest BCUT2D eigenvalue weighted by atomic mass is 32.1. The van der Waals surface area contributed by atoms with Crippen molar-refractivity contribution in [2.45, 2.75) is 0 Å². The minimum atomic E-state index is -0.379. The van der Waals surface area contributed by atoms with Crippen molar-refractivity contribution >= 4 is 29.2 Å². The molecule has 100 valence electrons. The van der Waals surface area contributed by atoms with E-state index < -0.39 is 0 Å².